The number of guanidine groups is 1. The molecule has 1 aromatic carbocycles. The Morgan fingerprint density at radius 2 is 1.89 bits per heavy atom. The van der Waals surface area contributed by atoms with Gasteiger partial charge in [0.15, 0.2) is 5.96 Å². The average Bonchev–Trinajstić information content (AvgIpc) is 2.66. The van der Waals surface area contributed by atoms with E-state index in [2.05, 4.69) is 40.1 Å². The molecule has 6 nitrogen and oxygen atoms in total. The highest BCUT2D eigenvalue weighted by atomic mass is 127. The molecule has 0 spiro atoms. The van der Waals surface area contributed by atoms with Crippen LogP contribution in [0.5, 0.6) is 11.5 Å². The number of aromatic nitrogens is 1. The maximum atomic E-state index is 5.79. The Bertz CT molecular complexity index is 707. The van der Waals surface area contributed by atoms with Crippen LogP contribution in [0.3, 0.4) is 0 Å². The minimum Gasteiger partial charge on any atom is -0.497 e. The van der Waals surface area contributed by atoms with Gasteiger partial charge in [0.2, 0.25) is 0 Å². The maximum Gasteiger partial charge on any atom is 0.194 e. The molecular formula is C20H29IN4O2. The van der Waals surface area contributed by atoms with Crippen LogP contribution in [0.15, 0.2) is 47.6 Å². The Hall–Kier alpha value is -2.03. The van der Waals surface area contributed by atoms with E-state index in [0.717, 1.165) is 41.8 Å². The molecule has 7 heteroatoms. The van der Waals surface area contributed by atoms with Crippen molar-refractivity contribution >= 4 is 29.9 Å². The summed E-state index contributed by atoms with van der Waals surface area (Å²) in [5, 5.41) is 3.31. The van der Waals surface area contributed by atoms with Gasteiger partial charge < -0.3 is 19.7 Å². The number of aryl methyl sites for hydroxylation is 1. The molecule has 2 rings (SSSR count). The first-order valence-electron chi connectivity index (χ1n) is 8.80. The molecular weight excluding hydrogens is 455 g/mol. The molecule has 0 saturated heterocycles. The van der Waals surface area contributed by atoms with Crippen molar-refractivity contribution in [2.45, 2.75) is 20.4 Å². The number of halogens is 1. The first kappa shape index (κ1) is 23.0. The normalized spacial score (nSPS) is 10.7. The van der Waals surface area contributed by atoms with Crippen LogP contribution < -0.4 is 14.8 Å². The lowest BCUT2D eigenvalue weighted by molar-refractivity contribution is 0.281. The number of pyridine rings is 1. The fraction of sp³-hybridized carbons (Fsp3) is 0.400. The minimum atomic E-state index is 0. The molecule has 2 aromatic rings. The summed E-state index contributed by atoms with van der Waals surface area (Å²) in [4.78, 5) is 11.1. The second-order valence-corrected chi connectivity index (χ2v) is 5.88. The van der Waals surface area contributed by atoms with E-state index >= 15 is 0 Å². The van der Waals surface area contributed by atoms with Crippen LogP contribution in [0.2, 0.25) is 0 Å². The largest absolute Gasteiger partial charge is 0.497 e. The summed E-state index contributed by atoms with van der Waals surface area (Å²) >= 11 is 0. The summed E-state index contributed by atoms with van der Waals surface area (Å²) in [6, 6.07) is 11.6. The molecule has 0 aliphatic rings. The van der Waals surface area contributed by atoms with Crippen molar-refractivity contribution in [3.05, 3.63) is 53.9 Å². The van der Waals surface area contributed by atoms with Gasteiger partial charge in [-0.25, -0.2) is 4.99 Å². The van der Waals surface area contributed by atoms with E-state index in [9.17, 15) is 0 Å². The maximum absolute atomic E-state index is 5.79. The zero-order valence-corrected chi connectivity index (χ0v) is 18.8. The number of ether oxygens (including phenoxy) is 2. The monoisotopic (exact) mass is 484 g/mol. The number of benzene rings is 1. The molecule has 0 atom stereocenters. The van der Waals surface area contributed by atoms with E-state index in [0.29, 0.717) is 13.2 Å². The standard InChI is InChI=1S/C20H28N4O2.HI/c1-5-21-20(23-15-19-16(2)7-6-12-22-19)24(3)13-14-26-18-10-8-17(25-4)9-11-18;/h6-12H,5,13-15H2,1-4H3,(H,21,23);1H. The summed E-state index contributed by atoms with van der Waals surface area (Å²) in [5.41, 5.74) is 2.14. The van der Waals surface area contributed by atoms with E-state index < -0.39 is 0 Å². The number of aliphatic imine (C=N–C) groups is 1. The van der Waals surface area contributed by atoms with Crippen molar-refractivity contribution in [3.63, 3.8) is 0 Å². The van der Waals surface area contributed by atoms with Gasteiger partial charge in [0.1, 0.15) is 18.1 Å². The van der Waals surface area contributed by atoms with Crippen molar-refractivity contribution in [2.24, 2.45) is 4.99 Å². The van der Waals surface area contributed by atoms with Crippen LogP contribution in [0.4, 0.5) is 0 Å². The highest BCUT2D eigenvalue weighted by Crippen LogP contribution is 2.16. The molecule has 0 radical (unpaired) electrons. The summed E-state index contributed by atoms with van der Waals surface area (Å²) in [6.45, 7) is 6.76. The van der Waals surface area contributed by atoms with E-state index in [1.807, 2.05) is 37.4 Å². The quantitative estimate of drug-likeness (QED) is 0.353. The van der Waals surface area contributed by atoms with Crippen molar-refractivity contribution in [3.8, 4) is 11.5 Å². The van der Waals surface area contributed by atoms with Crippen LogP contribution in [0.1, 0.15) is 18.2 Å². The van der Waals surface area contributed by atoms with Crippen molar-refractivity contribution in [1.29, 1.82) is 0 Å². The van der Waals surface area contributed by atoms with Gasteiger partial charge in [-0.15, -0.1) is 24.0 Å². The smallest absolute Gasteiger partial charge is 0.194 e. The summed E-state index contributed by atoms with van der Waals surface area (Å²) in [6.07, 6.45) is 1.80. The molecule has 1 aromatic heterocycles. The Morgan fingerprint density at radius 3 is 2.52 bits per heavy atom. The van der Waals surface area contributed by atoms with Crippen LogP contribution in [0.25, 0.3) is 0 Å². The van der Waals surface area contributed by atoms with Gasteiger partial charge in [-0.3, -0.25) is 4.98 Å². The summed E-state index contributed by atoms with van der Waals surface area (Å²) in [5.74, 6) is 2.49. The average molecular weight is 484 g/mol. The molecule has 0 fully saturated rings. The molecule has 0 aliphatic heterocycles. The van der Waals surface area contributed by atoms with Gasteiger partial charge in [0, 0.05) is 19.8 Å². The topological polar surface area (TPSA) is 59.0 Å². The zero-order valence-electron chi connectivity index (χ0n) is 16.4. The number of likely N-dealkylation sites (N-methyl/N-ethyl adjacent to an activating group) is 1. The highest BCUT2D eigenvalue weighted by Gasteiger charge is 2.07. The third-order valence-corrected chi connectivity index (χ3v) is 3.95. The molecule has 148 valence electrons. The number of methoxy groups -OCH3 is 1. The fourth-order valence-electron chi connectivity index (χ4n) is 2.38. The molecule has 0 bridgehead atoms. The first-order valence-corrected chi connectivity index (χ1v) is 8.80. The Balaban J connectivity index is 0.00000364. The first-order chi connectivity index (χ1) is 12.6. The molecule has 27 heavy (non-hydrogen) atoms. The highest BCUT2D eigenvalue weighted by molar-refractivity contribution is 14.0. The number of nitrogens with one attached hydrogen (secondary N) is 1. The summed E-state index contributed by atoms with van der Waals surface area (Å²) < 4.78 is 10.9. The van der Waals surface area contributed by atoms with E-state index in [1.165, 1.54) is 0 Å². The van der Waals surface area contributed by atoms with Gasteiger partial charge in [0.05, 0.1) is 25.9 Å². The van der Waals surface area contributed by atoms with Gasteiger partial charge in [0.25, 0.3) is 0 Å². The molecule has 0 aliphatic carbocycles. The molecule has 1 heterocycles. The van der Waals surface area contributed by atoms with Gasteiger partial charge in [-0.1, -0.05) is 6.07 Å². The molecule has 0 amide bonds. The lowest BCUT2D eigenvalue weighted by Crippen LogP contribution is -2.40. The SMILES string of the molecule is CCNC(=NCc1ncccc1C)N(C)CCOc1ccc(OC)cc1.I. The van der Waals surface area contributed by atoms with Crippen molar-refractivity contribution < 1.29 is 9.47 Å². The van der Waals surface area contributed by atoms with E-state index in [-0.39, 0.29) is 24.0 Å². The predicted molar refractivity (Wildman–Crippen MR) is 120 cm³/mol. The van der Waals surface area contributed by atoms with Crippen molar-refractivity contribution in [2.75, 3.05) is 33.9 Å². The van der Waals surface area contributed by atoms with Gasteiger partial charge in [-0.05, 0) is 49.7 Å². The third-order valence-electron chi connectivity index (χ3n) is 3.95. The van der Waals surface area contributed by atoms with Crippen LogP contribution in [0, 0.1) is 6.92 Å². The summed E-state index contributed by atoms with van der Waals surface area (Å²) in [7, 11) is 3.66. The van der Waals surface area contributed by atoms with Crippen LogP contribution in [-0.2, 0) is 6.54 Å². The molecule has 1 N–H and O–H groups in total. The minimum absolute atomic E-state index is 0. The second kappa shape index (κ2) is 12.4. The van der Waals surface area contributed by atoms with Gasteiger partial charge in [-0.2, -0.15) is 0 Å². The van der Waals surface area contributed by atoms with E-state index in [1.54, 1.807) is 13.3 Å². The lowest BCUT2D eigenvalue weighted by Gasteiger charge is -2.22. The lowest BCUT2D eigenvalue weighted by atomic mass is 10.2. The number of hydrogen-bond acceptors (Lipinski definition) is 4. The van der Waals surface area contributed by atoms with Gasteiger partial charge >= 0.3 is 0 Å². The Labute approximate surface area is 179 Å². The Morgan fingerprint density at radius 1 is 1.19 bits per heavy atom. The molecule has 0 unspecified atom stereocenters. The predicted octanol–water partition coefficient (Wildman–Crippen LogP) is 3.49. The zero-order chi connectivity index (χ0) is 18.8. The molecule has 0 saturated carbocycles. The number of nitrogens with zero attached hydrogens (tertiary/aromatic N) is 3. The third kappa shape index (κ3) is 7.62. The second-order valence-electron chi connectivity index (χ2n) is 5.88. The van der Waals surface area contributed by atoms with Crippen LogP contribution >= 0.6 is 24.0 Å². The number of hydrogen-bond donors (Lipinski definition) is 1. The van der Waals surface area contributed by atoms with Crippen LogP contribution in [-0.4, -0.2) is 49.7 Å². The number of rotatable bonds is 8. The van der Waals surface area contributed by atoms with Crippen molar-refractivity contribution in [1.82, 2.24) is 15.2 Å². The van der Waals surface area contributed by atoms with E-state index in [4.69, 9.17) is 9.47 Å². The Kier molecular flexibility index (Phi) is 10.5. The fourth-order valence-corrected chi connectivity index (χ4v) is 2.38.